The van der Waals surface area contributed by atoms with Crippen LogP contribution in [0.4, 0.5) is 9.59 Å². The monoisotopic (exact) mass is 542 g/mol. The molecule has 5 rings (SSSR count). The highest BCUT2D eigenvalue weighted by Crippen LogP contribution is 2.28. The summed E-state index contributed by atoms with van der Waals surface area (Å²) < 4.78 is 0. The summed E-state index contributed by atoms with van der Waals surface area (Å²) >= 11 is 0. The van der Waals surface area contributed by atoms with Crippen molar-refractivity contribution >= 4 is 23.7 Å². The van der Waals surface area contributed by atoms with Crippen LogP contribution in [0.1, 0.15) is 91.4 Å². The Labute approximate surface area is 233 Å². The first-order valence-electron chi connectivity index (χ1n) is 15.6. The van der Waals surface area contributed by atoms with Gasteiger partial charge in [-0.15, -0.1) is 0 Å². The lowest BCUT2D eigenvalue weighted by Crippen LogP contribution is -2.54. The van der Waals surface area contributed by atoms with Gasteiger partial charge >= 0.3 is 12.1 Å². The molecule has 6 N–H and O–H groups in total. The van der Waals surface area contributed by atoms with Gasteiger partial charge in [-0.2, -0.15) is 0 Å². The van der Waals surface area contributed by atoms with Gasteiger partial charge in [-0.1, -0.05) is 19.8 Å². The maximum absolute atomic E-state index is 12.9. The van der Waals surface area contributed by atoms with Gasteiger partial charge in [0.15, 0.2) is 0 Å². The highest BCUT2D eigenvalue weighted by atomic mass is 16.2. The second kappa shape index (κ2) is 12.8. The number of aliphatic imine (C=N–C) groups is 2. The van der Waals surface area contributed by atoms with Crippen LogP contribution in [0, 0.1) is 17.8 Å². The zero-order valence-electron chi connectivity index (χ0n) is 24.1. The Morgan fingerprint density at radius 1 is 0.641 bits per heavy atom. The Balaban J connectivity index is 1.01. The number of nitrogens with zero attached hydrogens (tertiary/aromatic N) is 2. The highest BCUT2D eigenvalue weighted by Gasteiger charge is 2.33. The minimum Gasteiger partial charge on any atom is -0.369 e. The number of carbonyl (C=O) groups is 2. The van der Waals surface area contributed by atoms with Crippen molar-refractivity contribution < 1.29 is 9.59 Å². The van der Waals surface area contributed by atoms with E-state index >= 15 is 0 Å². The van der Waals surface area contributed by atoms with Crippen LogP contribution in [-0.2, 0) is 0 Å². The van der Waals surface area contributed by atoms with Gasteiger partial charge in [0.05, 0.1) is 24.8 Å². The van der Waals surface area contributed by atoms with E-state index < -0.39 is 0 Å². The SMILES string of the molecule is CC1CN=C(C2CCCC(NC(=O)NC3CCC(NC(=O)NC4CCCC(C5=NCC(C)N5)C4)C(C)C3)C2)N1. The molecule has 9 atom stereocenters. The third-order valence-electron chi connectivity index (χ3n) is 9.47. The minimum absolute atomic E-state index is 0.0562. The number of carbonyl (C=O) groups excluding carboxylic acids is 2. The Morgan fingerprint density at radius 2 is 1.13 bits per heavy atom. The summed E-state index contributed by atoms with van der Waals surface area (Å²) in [6.07, 6.45) is 11.1. The van der Waals surface area contributed by atoms with E-state index in [9.17, 15) is 9.59 Å². The molecule has 5 aliphatic rings. The number of urea groups is 2. The molecule has 0 aromatic carbocycles. The fourth-order valence-electron chi connectivity index (χ4n) is 7.34. The summed E-state index contributed by atoms with van der Waals surface area (Å²) in [5.41, 5.74) is 0. The smallest absolute Gasteiger partial charge is 0.315 e. The number of rotatable bonds is 6. The molecule has 10 nitrogen and oxygen atoms in total. The first-order valence-corrected chi connectivity index (χ1v) is 15.6. The van der Waals surface area contributed by atoms with Crippen LogP contribution in [-0.4, -0.2) is 73.1 Å². The van der Waals surface area contributed by atoms with Gasteiger partial charge in [-0.05, 0) is 77.6 Å². The van der Waals surface area contributed by atoms with Crippen LogP contribution >= 0.6 is 0 Å². The lowest BCUT2D eigenvalue weighted by atomic mass is 9.82. The van der Waals surface area contributed by atoms with Crippen LogP contribution < -0.4 is 31.9 Å². The van der Waals surface area contributed by atoms with Gasteiger partial charge in [-0.25, -0.2) is 9.59 Å². The van der Waals surface area contributed by atoms with Crippen molar-refractivity contribution in [3.63, 3.8) is 0 Å². The van der Waals surface area contributed by atoms with E-state index in [4.69, 9.17) is 0 Å². The predicted molar refractivity (Wildman–Crippen MR) is 155 cm³/mol. The van der Waals surface area contributed by atoms with Crippen molar-refractivity contribution in [3.05, 3.63) is 0 Å². The topological polar surface area (TPSA) is 131 Å². The van der Waals surface area contributed by atoms with E-state index in [2.05, 4.69) is 62.7 Å². The molecule has 4 amide bonds. The van der Waals surface area contributed by atoms with Crippen molar-refractivity contribution in [3.8, 4) is 0 Å². The lowest BCUT2D eigenvalue weighted by Gasteiger charge is -2.36. The molecule has 0 bridgehead atoms. The Hall–Kier alpha value is -2.52. The van der Waals surface area contributed by atoms with Crippen LogP contribution in [0.5, 0.6) is 0 Å². The van der Waals surface area contributed by atoms with Gasteiger partial charge in [0.1, 0.15) is 0 Å². The molecule has 10 heteroatoms. The molecule has 9 unspecified atom stereocenters. The average Bonchev–Trinajstić information content (AvgIpc) is 3.54. The number of amidine groups is 2. The number of amides is 4. The van der Waals surface area contributed by atoms with E-state index in [1.54, 1.807) is 0 Å². The standard InChI is InChI=1S/C29H50N8O2/c1-17-12-24(36-28(38)34-22-8-4-6-20(13-22)26-30-15-18(2)32-26)10-11-25(17)37-29(39)35-23-9-5-7-21(14-23)27-31-16-19(3)33-27/h17-25H,4-16H2,1-3H3,(H,30,32)(H,31,33)(H2,34,36,38)(H2,35,37,39). The molecule has 0 saturated heterocycles. The molecule has 3 saturated carbocycles. The largest absolute Gasteiger partial charge is 0.369 e. The molecular weight excluding hydrogens is 492 g/mol. The average molecular weight is 543 g/mol. The molecule has 0 radical (unpaired) electrons. The zero-order valence-corrected chi connectivity index (χ0v) is 24.1. The summed E-state index contributed by atoms with van der Waals surface area (Å²) in [7, 11) is 0. The van der Waals surface area contributed by atoms with Gasteiger partial charge in [0.25, 0.3) is 0 Å². The van der Waals surface area contributed by atoms with Gasteiger partial charge < -0.3 is 31.9 Å². The van der Waals surface area contributed by atoms with Crippen LogP contribution in [0.15, 0.2) is 9.98 Å². The van der Waals surface area contributed by atoms with E-state index in [-0.39, 0.29) is 36.2 Å². The van der Waals surface area contributed by atoms with E-state index in [1.807, 2.05) is 0 Å². The summed E-state index contributed by atoms with van der Waals surface area (Å²) in [5, 5.41) is 19.9. The van der Waals surface area contributed by atoms with Crippen LogP contribution in [0.3, 0.4) is 0 Å². The maximum Gasteiger partial charge on any atom is 0.315 e. The van der Waals surface area contributed by atoms with E-state index in [0.29, 0.717) is 29.8 Å². The quantitative estimate of drug-likeness (QED) is 0.308. The molecule has 0 spiro atoms. The fraction of sp³-hybridized carbons (Fsp3) is 0.862. The third-order valence-corrected chi connectivity index (χ3v) is 9.47. The predicted octanol–water partition coefficient (Wildman–Crippen LogP) is 3.04. The van der Waals surface area contributed by atoms with Crippen LogP contribution in [0.2, 0.25) is 0 Å². The molecule has 3 fully saturated rings. The van der Waals surface area contributed by atoms with Gasteiger partial charge in [0.2, 0.25) is 0 Å². The van der Waals surface area contributed by atoms with E-state index in [1.165, 1.54) is 0 Å². The molecule has 3 aliphatic carbocycles. The maximum atomic E-state index is 12.9. The Morgan fingerprint density at radius 3 is 1.59 bits per heavy atom. The Kier molecular flexibility index (Phi) is 9.17. The second-order valence-corrected chi connectivity index (χ2v) is 13.0. The Bertz CT molecular complexity index is 938. The minimum atomic E-state index is -0.0565. The summed E-state index contributed by atoms with van der Waals surface area (Å²) in [6, 6.07) is 1.40. The lowest BCUT2D eigenvalue weighted by molar-refractivity contribution is 0.195. The summed E-state index contributed by atoms with van der Waals surface area (Å²) in [5.74, 6) is 3.43. The summed E-state index contributed by atoms with van der Waals surface area (Å²) in [6.45, 7) is 8.22. The number of nitrogens with one attached hydrogen (secondary N) is 6. The van der Waals surface area contributed by atoms with Crippen molar-refractivity contribution in [1.82, 2.24) is 31.9 Å². The molecule has 0 aromatic heterocycles. The molecule has 39 heavy (non-hydrogen) atoms. The van der Waals surface area contributed by atoms with Crippen LogP contribution in [0.25, 0.3) is 0 Å². The van der Waals surface area contributed by atoms with Crippen molar-refractivity contribution in [2.45, 2.75) is 128 Å². The fourth-order valence-corrected chi connectivity index (χ4v) is 7.34. The van der Waals surface area contributed by atoms with Crippen molar-refractivity contribution in [1.29, 1.82) is 0 Å². The van der Waals surface area contributed by atoms with Gasteiger partial charge in [-0.3, -0.25) is 9.98 Å². The zero-order chi connectivity index (χ0) is 27.4. The number of hydrogen-bond acceptors (Lipinski definition) is 6. The van der Waals surface area contributed by atoms with Crippen molar-refractivity contribution in [2.24, 2.45) is 27.7 Å². The second-order valence-electron chi connectivity index (χ2n) is 13.0. The van der Waals surface area contributed by atoms with Gasteiger partial charge in [0, 0.05) is 48.1 Å². The molecular formula is C29H50N8O2. The first kappa shape index (κ1) is 28.0. The number of hydrogen-bond donors (Lipinski definition) is 6. The molecule has 218 valence electrons. The normalized spacial score (nSPS) is 38.5. The first-order chi connectivity index (χ1) is 18.8. The van der Waals surface area contributed by atoms with Crippen molar-refractivity contribution in [2.75, 3.05) is 13.1 Å². The highest BCUT2D eigenvalue weighted by molar-refractivity contribution is 5.87. The summed E-state index contributed by atoms with van der Waals surface area (Å²) in [4.78, 5) is 35.0. The third kappa shape index (κ3) is 7.57. The molecule has 2 heterocycles. The molecule has 0 aromatic rings. The van der Waals surface area contributed by atoms with E-state index in [0.717, 1.165) is 95.4 Å². The molecule has 2 aliphatic heterocycles.